The highest BCUT2D eigenvalue weighted by Crippen LogP contribution is 2.26. The maximum absolute atomic E-state index is 12.9. The Bertz CT molecular complexity index is 694. The lowest BCUT2D eigenvalue weighted by atomic mass is 10.1. The van der Waals surface area contributed by atoms with E-state index in [1.807, 2.05) is 45.9 Å². The number of nitrogens with zero attached hydrogens (tertiary/aromatic N) is 2. The number of carbonyl (C=O) groups excluding carboxylic acids is 1. The molecule has 0 bridgehead atoms. The molecule has 1 aromatic carbocycles. The van der Waals surface area contributed by atoms with Gasteiger partial charge < -0.3 is 4.90 Å². The molecule has 0 saturated carbocycles. The molecule has 22 heavy (non-hydrogen) atoms. The highest BCUT2D eigenvalue weighted by molar-refractivity contribution is 6.33. The van der Waals surface area contributed by atoms with Gasteiger partial charge in [0.15, 0.2) is 0 Å². The van der Waals surface area contributed by atoms with Crippen molar-refractivity contribution in [1.82, 2.24) is 4.98 Å². The monoisotopic (exact) mass is 336 g/mol. The molecular weight excluding hydrogens is 319 g/mol. The molecule has 0 atom stereocenters. The van der Waals surface area contributed by atoms with E-state index in [2.05, 4.69) is 4.98 Å². The summed E-state index contributed by atoms with van der Waals surface area (Å²) >= 11 is 11.8. The summed E-state index contributed by atoms with van der Waals surface area (Å²) in [5, 5.41) is 0.418. The molecule has 0 spiro atoms. The van der Waals surface area contributed by atoms with Crippen molar-refractivity contribution < 1.29 is 4.79 Å². The van der Waals surface area contributed by atoms with Crippen molar-refractivity contribution in [2.75, 3.05) is 4.90 Å². The van der Waals surface area contributed by atoms with Crippen LogP contribution in [0.3, 0.4) is 0 Å². The summed E-state index contributed by atoms with van der Waals surface area (Å²) in [4.78, 5) is 18.6. The van der Waals surface area contributed by atoms with E-state index in [0.29, 0.717) is 5.56 Å². The Morgan fingerprint density at radius 1 is 1.09 bits per heavy atom. The molecule has 0 aliphatic heterocycles. The third-order valence-corrected chi connectivity index (χ3v) is 3.76. The Morgan fingerprint density at radius 2 is 1.68 bits per heavy atom. The van der Waals surface area contributed by atoms with Gasteiger partial charge in [-0.05, 0) is 57.0 Å². The molecular formula is C17H18Cl2N2O. The van der Waals surface area contributed by atoms with E-state index in [-0.39, 0.29) is 22.3 Å². The van der Waals surface area contributed by atoms with Gasteiger partial charge in [-0.2, -0.15) is 0 Å². The predicted molar refractivity (Wildman–Crippen MR) is 92.1 cm³/mol. The quantitative estimate of drug-likeness (QED) is 0.734. The zero-order valence-electron chi connectivity index (χ0n) is 13.0. The minimum atomic E-state index is -0.144. The van der Waals surface area contributed by atoms with Crippen LogP contribution in [-0.2, 0) is 0 Å². The van der Waals surface area contributed by atoms with Gasteiger partial charge in [-0.15, -0.1) is 0 Å². The molecule has 0 saturated heterocycles. The molecule has 3 nitrogen and oxygen atoms in total. The summed E-state index contributed by atoms with van der Waals surface area (Å²) in [6.07, 6.45) is 0. The van der Waals surface area contributed by atoms with E-state index in [9.17, 15) is 4.79 Å². The molecule has 1 amide bonds. The molecule has 0 N–H and O–H groups in total. The van der Waals surface area contributed by atoms with Crippen LogP contribution < -0.4 is 4.90 Å². The molecule has 1 aromatic heterocycles. The largest absolute Gasteiger partial charge is 0.306 e. The normalized spacial score (nSPS) is 10.9. The van der Waals surface area contributed by atoms with Crippen LogP contribution in [0.4, 0.5) is 5.69 Å². The molecule has 1 heterocycles. The number of rotatable bonds is 3. The number of carbonyl (C=O) groups is 1. The Morgan fingerprint density at radius 3 is 2.23 bits per heavy atom. The third-order valence-electron chi connectivity index (χ3n) is 3.37. The topological polar surface area (TPSA) is 33.2 Å². The van der Waals surface area contributed by atoms with E-state index < -0.39 is 0 Å². The van der Waals surface area contributed by atoms with Crippen LogP contribution in [0.5, 0.6) is 0 Å². The first-order valence-corrected chi connectivity index (χ1v) is 7.79. The average molecular weight is 337 g/mol. The molecule has 0 aliphatic carbocycles. The van der Waals surface area contributed by atoms with Crippen LogP contribution >= 0.6 is 23.2 Å². The maximum atomic E-state index is 12.9. The summed E-state index contributed by atoms with van der Waals surface area (Å²) in [6, 6.07) is 9.13. The molecule has 2 rings (SSSR count). The van der Waals surface area contributed by atoms with Crippen molar-refractivity contribution in [3.05, 3.63) is 57.3 Å². The molecule has 0 aliphatic rings. The van der Waals surface area contributed by atoms with Crippen LogP contribution in [0.25, 0.3) is 0 Å². The number of aryl methyl sites for hydroxylation is 2. The van der Waals surface area contributed by atoms with Gasteiger partial charge in [0, 0.05) is 17.3 Å². The van der Waals surface area contributed by atoms with Crippen molar-refractivity contribution >= 4 is 34.8 Å². The summed E-state index contributed by atoms with van der Waals surface area (Å²) in [5.74, 6) is -0.144. The zero-order valence-corrected chi connectivity index (χ0v) is 14.5. The van der Waals surface area contributed by atoms with E-state index >= 15 is 0 Å². The first-order chi connectivity index (χ1) is 10.3. The summed E-state index contributed by atoms with van der Waals surface area (Å²) in [7, 11) is 0. The number of benzene rings is 1. The van der Waals surface area contributed by atoms with Crippen LogP contribution in [0.1, 0.15) is 35.3 Å². The number of pyridine rings is 1. The van der Waals surface area contributed by atoms with Gasteiger partial charge in [0.05, 0.1) is 0 Å². The van der Waals surface area contributed by atoms with Crippen LogP contribution in [0.2, 0.25) is 10.3 Å². The van der Waals surface area contributed by atoms with Gasteiger partial charge in [0.25, 0.3) is 5.91 Å². The van der Waals surface area contributed by atoms with Crippen LogP contribution in [0, 0.1) is 13.8 Å². The van der Waals surface area contributed by atoms with E-state index in [0.717, 1.165) is 16.8 Å². The number of anilines is 1. The summed E-state index contributed by atoms with van der Waals surface area (Å²) < 4.78 is 0. The van der Waals surface area contributed by atoms with Gasteiger partial charge >= 0.3 is 0 Å². The Hall–Kier alpha value is -1.58. The lowest BCUT2D eigenvalue weighted by Crippen LogP contribution is -2.37. The lowest BCUT2D eigenvalue weighted by Gasteiger charge is -2.29. The molecule has 2 aromatic rings. The van der Waals surface area contributed by atoms with Gasteiger partial charge in [-0.3, -0.25) is 4.79 Å². The second kappa shape index (κ2) is 6.67. The Kier molecular flexibility index (Phi) is 5.09. The Balaban J connectivity index is 2.52. The molecule has 5 heteroatoms. The number of amides is 1. The van der Waals surface area contributed by atoms with Crippen molar-refractivity contribution in [2.45, 2.75) is 33.7 Å². The minimum Gasteiger partial charge on any atom is -0.306 e. The molecule has 0 unspecified atom stereocenters. The fraction of sp³-hybridized carbons (Fsp3) is 0.294. The lowest BCUT2D eigenvalue weighted by molar-refractivity contribution is 0.0980. The number of aromatic nitrogens is 1. The van der Waals surface area contributed by atoms with Gasteiger partial charge in [-0.25, -0.2) is 4.98 Å². The number of hydrogen-bond acceptors (Lipinski definition) is 2. The van der Waals surface area contributed by atoms with Gasteiger partial charge in [0.2, 0.25) is 0 Å². The van der Waals surface area contributed by atoms with Gasteiger partial charge in [0.1, 0.15) is 10.3 Å². The second-order valence-corrected chi connectivity index (χ2v) is 6.33. The fourth-order valence-electron chi connectivity index (χ4n) is 2.33. The first-order valence-electron chi connectivity index (χ1n) is 7.03. The molecule has 0 fully saturated rings. The van der Waals surface area contributed by atoms with Crippen molar-refractivity contribution in [2.24, 2.45) is 0 Å². The zero-order chi connectivity index (χ0) is 16.4. The second-order valence-electron chi connectivity index (χ2n) is 5.56. The van der Waals surface area contributed by atoms with E-state index in [1.165, 1.54) is 12.1 Å². The van der Waals surface area contributed by atoms with E-state index in [1.54, 1.807) is 4.90 Å². The average Bonchev–Trinajstić information content (AvgIpc) is 2.41. The number of halogens is 2. The highest BCUT2D eigenvalue weighted by Gasteiger charge is 2.23. The first kappa shape index (κ1) is 16.8. The van der Waals surface area contributed by atoms with Crippen molar-refractivity contribution in [3.8, 4) is 0 Å². The highest BCUT2D eigenvalue weighted by atomic mass is 35.5. The summed E-state index contributed by atoms with van der Waals surface area (Å²) in [6.45, 7) is 7.95. The van der Waals surface area contributed by atoms with Crippen molar-refractivity contribution in [3.63, 3.8) is 0 Å². The fourth-order valence-corrected chi connectivity index (χ4v) is 2.79. The molecule has 116 valence electrons. The van der Waals surface area contributed by atoms with Crippen LogP contribution in [-0.4, -0.2) is 16.9 Å². The van der Waals surface area contributed by atoms with Crippen LogP contribution in [0.15, 0.2) is 30.3 Å². The smallest absolute Gasteiger partial charge is 0.258 e. The Labute approximate surface area is 140 Å². The van der Waals surface area contributed by atoms with Crippen molar-refractivity contribution in [1.29, 1.82) is 0 Å². The summed E-state index contributed by atoms with van der Waals surface area (Å²) in [5.41, 5.74) is 3.47. The third kappa shape index (κ3) is 3.60. The van der Waals surface area contributed by atoms with E-state index in [4.69, 9.17) is 23.2 Å². The van der Waals surface area contributed by atoms with Gasteiger partial charge in [-0.1, -0.05) is 35.3 Å². The minimum absolute atomic E-state index is 0.00119. The molecule has 0 radical (unpaired) electrons. The SMILES string of the molecule is Cc1ccc(C)c(N(C(=O)c2cc(Cl)nc(Cl)c2)C(C)C)c1. The number of hydrogen-bond donors (Lipinski definition) is 0. The maximum Gasteiger partial charge on any atom is 0.258 e. The predicted octanol–water partition coefficient (Wildman–Crippen LogP) is 5.06. The standard InChI is InChI=1S/C17H18Cl2N2O/c1-10(2)21(14-7-11(3)5-6-12(14)4)17(22)13-8-15(18)20-16(19)9-13/h5-10H,1-4H3.